The minimum atomic E-state index is -4.67. The van der Waals surface area contributed by atoms with Gasteiger partial charge in [0.15, 0.2) is 0 Å². The van der Waals surface area contributed by atoms with Crippen LogP contribution in [0.15, 0.2) is 18.2 Å². The molecule has 2 aliphatic rings. The van der Waals surface area contributed by atoms with E-state index in [0.29, 0.717) is 25.1 Å². The van der Waals surface area contributed by atoms with Gasteiger partial charge in [-0.3, -0.25) is 4.79 Å². The molecule has 0 radical (unpaired) electrons. The summed E-state index contributed by atoms with van der Waals surface area (Å²) in [5.41, 5.74) is -1.69. The smallest absolute Gasteiger partial charge is 0.370 e. The van der Waals surface area contributed by atoms with E-state index >= 15 is 0 Å². The number of sulfonamides is 1. The van der Waals surface area contributed by atoms with Crippen LogP contribution in [-0.4, -0.2) is 69.6 Å². The van der Waals surface area contributed by atoms with E-state index in [1.165, 1.54) is 15.3 Å². The van der Waals surface area contributed by atoms with E-state index in [2.05, 4.69) is 0 Å². The number of carbonyl (C=O) groups is 1. The van der Waals surface area contributed by atoms with Crippen LogP contribution in [0, 0.1) is 22.7 Å². The van der Waals surface area contributed by atoms with Crippen molar-refractivity contribution >= 4 is 21.6 Å². The Balaban J connectivity index is 1.94. The number of hydrogen-bond donors (Lipinski definition) is 0. The predicted octanol–water partition coefficient (Wildman–Crippen LogP) is 2.53. The molecule has 3 rings (SSSR count). The van der Waals surface area contributed by atoms with Crippen LogP contribution in [0.3, 0.4) is 0 Å². The van der Waals surface area contributed by atoms with Gasteiger partial charge in [-0.2, -0.15) is 18.4 Å². The molecule has 1 unspecified atom stereocenters. The van der Waals surface area contributed by atoms with Crippen molar-refractivity contribution in [2.75, 3.05) is 50.9 Å². The zero-order valence-corrected chi connectivity index (χ0v) is 19.1. The van der Waals surface area contributed by atoms with E-state index in [0.717, 1.165) is 12.1 Å². The Hall–Kier alpha value is -2.32. The zero-order valence-electron chi connectivity index (χ0n) is 18.3. The van der Waals surface area contributed by atoms with Gasteiger partial charge in [-0.15, -0.1) is 0 Å². The summed E-state index contributed by atoms with van der Waals surface area (Å²) in [6.45, 7) is 2.73. The van der Waals surface area contributed by atoms with Crippen molar-refractivity contribution in [2.24, 2.45) is 11.3 Å². The number of piperidine rings is 1. The standard InChI is InChI=1S/C21H27F3N4O3S/c1-4-32(30,31)28-9-7-20(8-10-28)14-27(13-18(20)19(29)26(2)3)16-6-5-15(12-25)17(11-16)21(22,23)24/h5-6,11,18H,4,7-10,13-14H2,1-3H3. The first-order valence-electron chi connectivity index (χ1n) is 10.4. The summed E-state index contributed by atoms with van der Waals surface area (Å²) in [6, 6.07) is 5.17. The Morgan fingerprint density at radius 2 is 1.91 bits per heavy atom. The van der Waals surface area contributed by atoms with E-state index in [9.17, 15) is 26.4 Å². The highest BCUT2D eigenvalue weighted by molar-refractivity contribution is 7.89. The fourth-order valence-corrected chi connectivity index (χ4v) is 5.88. The number of halogens is 3. The van der Waals surface area contributed by atoms with Gasteiger partial charge < -0.3 is 9.80 Å². The normalized spacial score (nSPS) is 21.5. The van der Waals surface area contributed by atoms with Gasteiger partial charge in [0.2, 0.25) is 15.9 Å². The molecular weight excluding hydrogens is 445 g/mol. The van der Waals surface area contributed by atoms with Crippen molar-refractivity contribution in [2.45, 2.75) is 25.9 Å². The summed E-state index contributed by atoms with van der Waals surface area (Å²) >= 11 is 0. The lowest BCUT2D eigenvalue weighted by Crippen LogP contribution is -2.49. The summed E-state index contributed by atoms with van der Waals surface area (Å²) in [5.74, 6) is -0.588. The highest BCUT2D eigenvalue weighted by Gasteiger charge is 2.52. The Bertz CT molecular complexity index is 1030. The Morgan fingerprint density at radius 3 is 2.41 bits per heavy atom. The molecule has 32 heavy (non-hydrogen) atoms. The second-order valence-corrected chi connectivity index (χ2v) is 10.9. The first-order chi connectivity index (χ1) is 14.8. The zero-order chi connectivity index (χ0) is 23.9. The van der Waals surface area contributed by atoms with Crippen molar-refractivity contribution in [1.82, 2.24) is 9.21 Å². The topological polar surface area (TPSA) is 84.7 Å². The molecule has 2 saturated heterocycles. The number of benzene rings is 1. The summed E-state index contributed by atoms with van der Waals surface area (Å²) in [6.07, 6.45) is -3.76. The van der Waals surface area contributed by atoms with Crippen LogP contribution in [0.1, 0.15) is 30.9 Å². The predicted molar refractivity (Wildman–Crippen MR) is 113 cm³/mol. The molecule has 1 amide bonds. The van der Waals surface area contributed by atoms with Crippen LogP contribution in [-0.2, 0) is 21.0 Å². The maximum absolute atomic E-state index is 13.5. The van der Waals surface area contributed by atoms with Crippen LogP contribution in [0.25, 0.3) is 0 Å². The molecule has 2 heterocycles. The van der Waals surface area contributed by atoms with E-state index in [1.54, 1.807) is 32.0 Å². The number of hydrogen-bond acceptors (Lipinski definition) is 5. The molecule has 11 heteroatoms. The number of rotatable bonds is 4. The number of amides is 1. The van der Waals surface area contributed by atoms with Gasteiger partial charge in [0.05, 0.1) is 28.9 Å². The van der Waals surface area contributed by atoms with E-state index in [1.807, 2.05) is 0 Å². The highest BCUT2D eigenvalue weighted by atomic mass is 32.2. The molecule has 1 spiro atoms. The Morgan fingerprint density at radius 1 is 1.28 bits per heavy atom. The second kappa shape index (κ2) is 8.56. The van der Waals surface area contributed by atoms with Gasteiger partial charge in [-0.25, -0.2) is 12.7 Å². The van der Waals surface area contributed by atoms with Crippen molar-refractivity contribution in [3.63, 3.8) is 0 Å². The lowest BCUT2D eigenvalue weighted by molar-refractivity contribution is -0.138. The van der Waals surface area contributed by atoms with E-state index in [4.69, 9.17) is 5.26 Å². The van der Waals surface area contributed by atoms with Crippen molar-refractivity contribution in [3.05, 3.63) is 29.3 Å². The highest BCUT2D eigenvalue weighted by Crippen LogP contribution is 2.47. The van der Waals surface area contributed by atoms with Crippen LogP contribution in [0.4, 0.5) is 18.9 Å². The monoisotopic (exact) mass is 472 g/mol. The van der Waals surface area contributed by atoms with Crippen molar-refractivity contribution in [1.29, 1.82) is 5.26 Å². The molecule has 2 aliphatic heterocycles. The fraction of sp³-hybridized carbons (Fsp3) is 0.619. The third kappa shape index (κ3) is 4.43. The summed E-state index contributed by atoms with van der Waals surface area (Å²) in [7, 11) is -0.0727. The Labute approximate surface area is 186 Å². The maximum Gasteiger partial charge on any atom is 0.417 e. The SMILES string of the molecule is CCS(=O)(=O)N1CCC2(CC1)CN(c1ccc(C#N)c(C(F)(F)F)c1)CC2C(=O)N(C)C. The second-order valence-electron chi connectivity index (χ2n) is 8.67. The molecule has 0 bridgehead atoms. The third-order valence-electron chi connectivity index (χ3n) is 6.66. The van der Waals surface area contributed by atoms with Crippen LogP contribution in [0.2, 0.25) is 0 Å². The molecule has 0 aliphatic carbocycles. The van der Waals surface area contributed by atoms with Crippen LogP contribution in [0.5, 0.6) is 0 Å². The number of alkyl halides is 3. The molecule has 0 N–H and O–H groups in total. The molecular formula is C21H27F3N4O3S. The average molecular weight is 473 g/mol. The van der Waals surface area contributed by atoms with Crippen molar-refractivity contribution in [3.8, 4) is 6.07 Å². The summed E-state index contributed by atoms with van der Waals surface area (Å²) in [5, 5.41) is 9.06. The molecule has 1 aromatic rings. The molecule has 0 saturated carbocycles. The first-order valence-corrected chi connectivity index (χ1v) is 12.0. The maximum atomic E-state index is 13.5. The van der Waals surface area contributed by atoms with Gasteiger partial charge in [0.25, 0.3) is 0 Å². The largest absolute Gasteiger partial charge is 0.417 e. The van der Waals surface area contributed by atoms with Gasteiger partial charge in [-0.1, -0.05) is 0 Å². The van der Waals surface area contributed by atoms with E-state index in [-0.39, 0.29) is 31.3 Å². The minimum Gasteiger partial charge on any atom is -0.370 e. The number of carbonyl (C=O) groups excluding carboxylic acids is 1. The fourth-order valence-electron chi connectivity index (χ4n) is 4.78. The van der Waals surface area contributed by atoms with Crippen LogP contribution >= 0.6 is 0 Å². The molecule has 1 atom stereocenters. The van der Waals surface area contributed by atoms with Gasteiger partial charge in [-0.05, 0) is 38.0 Å². The first kappa shape index (κ1) is 24.3. The van der Waals surface area contributed by atoms with Gasteiger partial charge >= 0.3 is 6.18 Å². The minimum absolute atomic E-state index is 0.00234. The lowest BCUT2D eigenvalue weighted by Gasteiger charge is -2.41. The third-order valence-corrected chi connectivity index (χ3v) is 8.54. The lowest BCUT2D eigenvalue weighted by atomic mass is 9.70. The molecule has 2 fully saturated rings. The summed E-state index contributed by atoms with van der Waals surface area (Å²) < 4.78 is 66.3. The average Bonchev–Trinajstić information content (AvgIpc) is 3.10. The number of nitriles is 1. The molecule has 176 valence electrons. The van der Waals surface area contributed by atoms with Crippen LogP contribution < -0.4 is 4.90 Å². The Kier molecular flexibility index (Phi) is 6.50. The molecule has 7 nitrogen and oxygen atoms in total. The van der Waals surface area contributed by atoms with Crippen molar-refractivity contribution < 1.29 is 26.4 Å². The van der Waals surface area contributed by atoms with Gasteiger partial charge in [0, 0.05) is 51.4 Å². The summed E-state index contributed by atoms with van der Waals surface area (Å²) in [4.78, 5) is 16.2. The number of nitrogens with zero attached hydrogens (tertiary/aromatic N) is 4. The van der Waals surface area contributed by atoms with Gasteiger partial charge in [0.1, 0.15) is 0 Å². The van der Waals surface area contributed by atoms with E-state index < -0.39 is 38.7 Å². The molecule has 1 aromatic carbocycles. The molecule has 0 aromatic heterocycles. The quantitative estimate of drug-likeness (QED) is 0.673. The number of anilines is 1.